The molecule has 0 aliphatic carbocycles. The van der Waals surface area contributed by atoms with Gasteiger partial charge in [-0.2, -0.15) is 0 Å². The Hall–Kier alpha value is -2.05. The van der Waals surface area contributed by atoms with Gasteiger partial charge in [0.15, 0.2) is 0 Å². The van der Waals surface area contributed by atoms with Crippen molar-refractivity contribution in [2.45, 2.75) is 26.5 Å². The van der Waals surface area contributed by atoms with E-state index in [-0.39, 0.29) is 11.9 Å². The molecule has 1 amide bonds. The Morgan fingerprint density at radius 3 is 2.96 bits per heavy atom. The van der Waals surface area contributed by atoms with E-state index >= 15 is 0 Å². The molecule has 0 spiro atoms. The molecule has 0 saturated heterocycles. The first-order valence-electron chi connectivity index (χ1n) is 8.66. The minimum atomic E-state index is -0.0163. The van der Waals surface area contributed by atoms with Crippen molar-refractivity contribution in [1.29, 1.82) is 0 Å². The molecule has 0 fully saturated rings. The van der Waals surface area contributed by atoms with Crippen LogP contribution in [0.5, 0.6) is 11.5 Å². The quantitative estimate of drug-likeness (QED) is 0.675. The van der Waals surface area contributed by atoms with Crippen molar-refractivity contribution in [1.82, 2.24) is 10.6 Å². The van der Waals surface area contributed by atoms with Gasteiger partial charge in [-0.3, -0.25) is 4.79 Å². The third kappa shape index (κ3) is 4.56. The van der Waals surface area contributed by atoms with Gasteiger partial charge in [-0.1, -0.05) is 28.1 Å². The molecular weight excluding hydrogens is 396 g/mol. The fraction of sp³-hybridized carbons (Fsp3) is 0.350. The number of halogens is 1. The third-order valence-corrected chi connectivity index (χ3v) is 5.29. The van der Waals surface area contributed by atoms with E-state index in [4.69, 9.17) is 9.47 Å². The fourth-order valence-corrected chi connectivity index (χ4v) is 3.31. The van der Waals surface area contributed by atoms with Crippen molar-refractivity contribution < 1.29 is 14.3 Å². The van der Waals surface area contributed by atoms with Crippen LogP contribution in [0.2, 0.25) is 0 Å². The Kier molecular flexibility index (Phi) is 6.16. The number of ether oxygens (including phenoxy) is 2. The summed E-state index contributed by atoms with van der Waals surface area (Å²) in [6.45, 7) is 6.00. The van der Waals surface area contributed by atoms with Crippen molar-refractivity contribution in [2.75, 3.05) is 19.7 Å². The number of carbonyl (C=O) groups is 1. The number of hydrogen-bond donors (Lipinski definition) is 2. The van der Waals surface area contributed by atoms with E-state index in [0.717, 1.165) is 27.1 Å². The third-order valence-electron chi connectivity index (χ3n) is 4.43. The maximum absolute atomic E-state index is 10.9. The number of rotatable bonds is 7. The van der Waals surface area contributed by atoms with Gasteiger partial charge in [-0.25, -0.2) is 0 Å². The number of carbonyl (C=O) groups excluding carboxylic acids is 1. The molecular formula is C20H23BrN2O3. The van der Waals surface area contributed by atoms with Crippen molar-refractivity contribution in [2.24, 2.45) is 0 Å². The highest BCUT2D eigenvalue weighted by molar-refractivity contribution is 9.10. The summed E-state index contributed by atoms with van der Waals surface area (Å²) in [4.78, 5) is 10.9. The van der Waals surface area contributed by atoms with Gasteiger partial charge in [0.05, 0.1) is 6.04 Å². The molecule has 138 valence electrons. The summed E-state index contributed by atoms with van der Waals surface area (Å²) in [5.74, 6) is 1.63. The molecule has 2 aromatic rings. The Morgan fingerprint density at radius 2 is 2.15 bits per heavy atom. The lowest BCUT2D eigenvalue weighted by Crippen LogP contribution is -2.32. The van der Waals surface area contributed by atoms with Gasteiger partial charge < -0.3 is 20.1 Å². The highest BCUT2D eigenvalue weighted by atomic mass is 79.9. The van der Waals surface area contributed by atoms with Crippen molar-refractivity contribution in [3.63, 3.8) is 0 Å². The zero-order valence-corrected chi connectivity index (χ0v) is 16.6. The topological polar surface area (TPSA) is 59.6 Å². The van der Waals surface area contributed by atoms with Gasteiger partial charge in [0.1, 0.15) is 24.7 Å². The molecule has 1 aliphatic rings. The van der Waals surface area contributed by atoms with E-state index in [1.165, 1.54) is 12.5 Å². The second kappa shape index (κ2) is 8.56. The monoisotopic (exact) mass is 418 g/mol. The number of hydrogen-bond acceptors (Lipinski definition) is 4. The standard InChI is InChI=1S/C20H23BrN2O3/c1-13-15(4-3-5-18(13)21)11-25-16-6-7-17-19(12-26-20(17)10-16)23-9-8-22-14(2)24/h3-7,10,19,23H,8-9,11-12H2,1-2H3,(H,22,24). The molecule has 0 bridgehead atoms. The largest absolute Gasteiger partial charge is 0.491 e. The Balaban J connectivity index is 1.57. The van der Waals surface area contributed by atoms with Gasteiger partial charge in [-0.05, 0) is 36.2 Å². The van der Waals surface area contributed by atoms with Crippen LogP contribution in [0.15, 0.2) is 40.9 Å². The van der Waals surface area contributed by atoms with Crippen LogP contribution in [0, 0.1) is 6.92 Å². The molecule has 2 N–H and O–H groups in total. The molecule has 3 rings (SSSR count). The lowest BCUT2D eigenvalue weighted by atomic mass is 10.1. The number of nitrogens with one attached hydrogen (secondary N) is 2. The summed E-state index contributed by atoms with van der Waals surface area (Å²) in [6, 6.07) is 12.2. The van der Waals surface area contributed by atoms with Crippen molar-refractivity contribution in [3.05, 3.63) is 57.6 Å². The highest BCUT2D eigenvalue weighted by Gasteiger charge is 2.24. The summed E-state index contributed by atoms with van der Waals surface area (Å²) in [7, 11) is 0. The molecule has 0 radical (unpaired) electrons. The fourth-order valence-electron chi connectivity index (χ4n) is 2.90. The van der Waals surface area contributed by atoms with E-state index in [1.807, 2.05) is 30.3 Å². The average Bonchev–Trinajstić information content (AvgIpc) is 3.02. The summed E-state index contributed by atoms with van der Waals surface area (Å²) in [5, 5.41) is 6.18. The second-order valence-electron chi connectivity index (χ2n) is 6.31. The highest BCUT2D eigenvalue weighted by Crippen LogP contribution is 2.35. The Labute approximate surface area is 162 Å². The van der Waals surface area contributed by atoms with Gasteiger partial charge in [0.2, 0.25) is 5.91 Å². The van der Waals surface area contributed by atoms with Crippen LogP contribution >= 0.6 is 15.9 Å². The smallest absolute Gasteiger partial charge is 0.216 e. The van der Waals surface area contributed by atoms with Crippen LogP contribution < -0.4 is 20.1 Å². The summed E-state index contributed by atoms with van der Waals surface area (Å²) >= 11 is 3.55. The predicted octanol–water partition coefficient (Wildman–Crippen LogP) is 3.50. The van der Waals surface area contributed by atoms with Crippen LogP contribution in [0.3, 0.4) is 0 Å². The van der Waals surface area contributed by atoms with Gasteiger partial charge in [0.25, 0.3) is 0 Å². The minimum absolute atomic E-state index is 0.0163. The molecule has 1 heterocycles. The maximum atomic E-state index is 10.9. The normalized spacial score (nSPS) is 15.3. The van der Waals surface area contributed by atoms with Gasteiger partial charge >= 0.3 is 0 Å². The predicted molar refractivity (Wildman–Crippen MR) is 105 cm³/mol. The van der Waals surface area contributed by atoms with E-state index in [1.54, 1.807) is 0 Å². The maximum Gasteiger partial charge on any atom is 0.216 e. The van der Waals surface area contributed by atoms with Crippen LogP contribution in [-0.4, -0.2) is 25.6 Å². The van der Waals surface area contributed by atoms with Crippen LogP contribution in [0.1, 0.15) is 29.7 Å². The molecule has 26 heavy (non-hydrogen) atoms. The van der Waals surface area contributed by atoms with Crippen molar-refractivity contribution in [3.8, 4) is 11.5 Å². The summed E-state index contributed by atoms with van der Waals surface area (Å²) < 4.78 is 12.8. The van der Waals surface area contributed by atoms with Gasteiger partial charge in [0, 0.05) is 36.1 Å². The van der Waals surface area contributed by atoms with Crippen LogP contribution in [0.4, 0.5) is 0 Å². The first-order chi connectivity index (χ1) is 12.5. The first-order valence-corrected chi connectivity index (χ1v) is 9.45. The molecule has 5 nitrogen and oxygen atoms in total. The van der Waals surface area contributed by atoms with Crippen LogP contribution in [-0.2, 0) is 11.4 Å². The molecule has 2 aromatic carbocycles. The Bertz CT molecular complexity index is 795. The van der Waals surface area contributed by atoms with E-state index in [0.29, 0.717) is 26.3 Å². The van der Waals surface area contributed by atoms with Gasteiger partial charge in [-0.15, -0.1) is 0 Å². The van der Waals surface area contributed by atoms with Crippen LogP contribution in [0.25, 0.3) is 0 Å². The molecule has 1 aliphatic heterocycles. The molecule has 1 unspecified atom stereocenters. The lowest BCUT2D eigenvalue weighted by Gasteiger charge is -2.13. The molecule has 1 atom stereocenters. The summed E-state index contributed by atoms with van der Waals surface area (Å²) in [6.07, 6.45) is 0. The summed E-state index contributed by atoms with van der Waals surface area (Å²) in [5.41, 5.74) is 3.46. The molecule has 0 aromatic heterocycles. The lowest BCUT2D eigenvalue weighted by molar-refractivity contribution is -0.118. The zero-order chi connectivity index (χ0) is 18.5. The SMILES string of the molecule is CC(=O)NCCNC1COc2cc(OCc3cccc(Br)c3C)ccc21. The molecule has 0 saturated carbocycles. The first kappa shape index (κ1) is 18.7. The Morgan fingerprint density at radius 1 is 1.31 bits per heavy atom. The number of amides is 1. The van der Waals surface area contributed by atoms with E-state index < -0.39 is 0 Å². The van der Waals surface area contributed by atoms with E-state index in [2.05, 4.69) is 39.6 Å². The number of fused-ring (bicyclic) bond motifs is 1. The second-order valence-corrected chi connectivity index (χ2v) is 7.17. The van der Waals surface area contributed by atoms with E-state index in [9.17, 15) is 4.79 Å². The number of benzene rings is 2. The van der Waals surface area contributed by atoms with Crippen molar-refractivity contribution >= 4 is 21.8 Å². The zero-order valence-electron chi connectivity index (χ0n) is 15.0. The average molecular weight is 419 g/mol. The minimum Gasteiger partial charge on any atom is -0.491 e. The molecule has 6 heteroatoms.